The Morgan fingerprint density at radius 2 is 2.12 bits per heavy atom. The molecular formula is C14H16F4N2O3S. The molecule has 1 spiro atoms. The molecule has 10 heteroatoms. The first-order valence-electron chi connectivity index (χ1n) is 7.01. The zero-order valence-corrected chi connectivity index (χ0v) is 13.5. The van der Waals surface area contributed by atoms with Crippen LogP contribution < -0.4 is 4.74 Å². The number of rotatable bonds is 2. The lowest BCUT2D eigenvalue weighted by Crippen LogP contribution is -2.56. The van der Waals surface area contributed by atoms with Gasteiger partial charge in [0.15, 0.2) is 5.82 Å². The van der Waals surface area contributed by atoms with E-state index in [2.05, 4.69) is 16.9 Å². The van der Waals surface area contributed by atoms with Crippen molar-refractivity contribution < 1.29 is 32.2 Å². The van der Waals surface area contributed by atoms with Crippen LogP contribution >= 0.6 is 11.8 Å². The van der Waals surface area contributed by atoms with Crippen molar-refractivity contribution in [1.82, 2.24) is 9.88 Å². The van der Waals surface area contributed by atoms with E-state index in [1.165, 1.54) is 6.07 Å². The van der Waals surface area contributed by atoms with Crippen LogP contribution in [0.2, 0.25) is 0 Å². The molecule has 1 unspecified atom stereocenters. The molecule has 5 nitrogen and oxygen atoms in total. The quantitative estimate of drug-likeness (QED) is 0.809. The Bertz CT molecular complexity index is 594. The van der Waals surface area contributed by atoms with Gasteiger partial charge in [-0.05, 0) is 19.2 Å². The van der Waals surface area contributed by atoms with Gasteiger partial charge in [0.2, 0.25) is 0 Å². The molecule has 0 radical (unpaired) electrons. The molecule has 3 heterocycles. The number of ether oxygens (including phenoxy) is 1. The van der Waals surface area contributed by atoms with E-state index >= 15 is 0 Å². The second kappa shape index (κ2) is 7.14. The minimum absolute atomic E-state index is 0.0955. The Labute approximate surface area is 140 Å². The molecule has 1 aromatic rings. The maximum atomic E-state index is 13.4. The van der Waals surface area contributed by atoms with Crippen LogP contribution in [-0.4, -0.2) is 63.9 Å². The van der Waals surface area contributed by atoms with Crippen molar-refractivity contribution in [2.24, 2.45) is 0 Å². The molecule has 1 N–H and O–H groups in total. The van der Waals surface area contributed by atoms with Gasteiger partial charge < -0.3 is 14.7 Å². The predicted molar refractivity (Wildman–Crippen MR) is 79.6 cm³/mol. The molecule has 0 bridgehead atoms. The summed E-state index contributed by atoms with van der Waals surface area (Å²) < 4.78 is 51.1. The lowest BCUT2D eigenvalue weighted by atomic mass is 9.94. The summed E-state index contributed by atoms with van der Waals surface area (Å²) >= 11 is 1.95. The standard InChI is InChI=1S/C12H15FN2OS.C2HF3O2/c1-15-7-12(8-15)5-9(6-17-12)16-11-10(13)3-2-4-14-11;3-2(4,5)1(6)7/h2-4,9H,5-8H2,1H3;(H,6,7). The van der Waals surface area contributed by atoms with Crippen LogP contribution in [0.4, 0.5) is 17.6 Å². The number of likely N-dealkylation sites (tertiary alicyclic amines) is 1. The van der Waals surface area contributed by atoms with Crippen LogP contribution in [-0.2, 0) is 4.79 Å². The number of hydrogen-bond acceptors (Lipinski definition) is 5. The molecule has 1 atom stereocenters. The Morgan fingerprint density at radius 3 is 2.62 bits per heavy atom. The lowest BCUT2D eigenvalue weighted by Gasteiger charge is -2.45. The summed E-state index contributed by atoms with van der Waals surface area (Å²) in [5, 5.41) is 7.12. The summed E-state index contributed by atoms with van der Waals surface area (Å²) in [6, 6.07) is 2.96. The summed E-state index contributed by atoms with van der Waals surface area (Å²) in [5.74, 6) is -2.05. The zero-order chi connectivity index (χ0) is 18.0. The molecule has 24 heavy (non-hydrogen) atoms. The van der Waals surface area contributed by atoms with Crippen molar-refractivity contribution in [3.63, 3.8) is 0 Å². The van der Waals surface area contributed by atoms with E-state index in [0.717, 1.165) is 25.3 Å². The Morgan fingerprint density at radius 1 is 1.50 bits per heavy atom. The van der Waals surface area contributed by atoms with Gasteiger partial charge in [-0.25, -0.2) is 14.2 Å². The number of thioether (sulfide) groups is 1. The molecule has 1 aromatic heterocycles. The third kappa shape index (κ3) is 4.73. The molecule has 2 aliphatic rings. The number of carboxylic acids is 1. The highest BCUT2D eigenvalue weighted by Crippen LogP contribution is 2.45. The molecule has 0 aromatic carbocycles. The van der Waals surface area contributed by atoms with Crippen LogP contribution in [0.3, 0.4) is 0 Å². The first-order valence-corrected chi connectivity index (χ1v) is 8.00. The monoisotopic (exact) mass is 368 g/mol. The van der Waals surface area contributed by atoms with Gasteiger partial charge in [0.05, 0.1) is 0 Å². The zero-order valence-electron chi connectivity index (χ0n) is 12.7. The summed E-state index contributed by atoms with van der Waals surface area (Å²) in [4.78, 5) is 15.1. The molecule has 0 amide bonds. The summed E-state index contributed by atoms with van der Waals surface area (Å²) in [6.07, 6.45) is -2.43. The first-order chi connectivity index (χ1) is 11.1. The largest absolute Gasteiger partial charge is 0.490 e. The average Bonchev–Trinajstić information content (AvgIpc) is 2.85. The molecule has 134 valence electrons. The Kier molecular flexibility index (Phi) is 5.59. The van der Waals surface area contributed by atoms with Crippen LogP contribution in [0, 0.1) is 5.82 Å². The van der Waals surface area contributed by atoms with Crippen molar-refractivity contribution >= 4 is 17.7 Å². The molecule has 2 saturated heterocycles. The van der Waals surface area contributed by atoms with Gasteiger partial charge in [0.1, 0.15) is 6.10 Å². The number of nitrogens with zero attached hydrogens (tertiary/aromatic N) is 2. The average molecular weight is 368 g/mol. The van der Waals surface area contributed by atoms with E-state index in [0.29, 0.717) is 4.75 Å². The predicted octanol–water partition coefficient (Wildman–Crippen LogP) is 2.42. The molecule has 3 rings (SSSR count). The number of alkyl halides is 3. The number of hydrogen-bond donors (Lipinski definition) is 1. The lowest BCUT2D eigenvalue weighted by molar-refractivity contribution is -0.192. The number of halogens is 4. The van der Waals surface area contributed by atoms with Crippen molar-refractivity contribution in [3.8, 4) is 5.88 Å². The summed E-state index contributed by atoms with van der Waals surface area (Å²) in [5.41, 5.74) is 0. The van der Waals surface area contributed by atoms with Gasteiger partial charge in [0.25, 0.3) is 5.88 Å². The summed E-state index contributed by atoms with van der Waals surface area (Å²) in [6.45, 7) is 2.23. The highest BCUT2D eigenvalue weighted by molar-refractivity contribution is 8.01. The first kappa shape index (κ1) is 18.8. The molecule has 2 aliphatic heterocycles. The highest BCUT2D eigenvalue weighted by atomic mass is 32.2. The van der Waals surface area contributed by atoms with Crippen LogP contribution in [0.5, 0.6) is 5.88 Å². The van der Waals surface area contributed by atoms with E-state index in [-0.39, 0.29) is 17.8 Å². The maximum absolute atomic E-state index is 13.4. The van der Waals surface area contributed by atoms with Crippen LogP contribution in [0.1, 0.15) is 6.42 Å². The van der Waals surface area contributed by atoms with Gasteiger partial charge in [-0.15, -0.1) is 11.8 Å². The second-order valence-electron chi connectivity index (χ2n) is 5.70. The number of carboxylic acid groups (broad SMARTS) is 1. The molecule has 0 saturated carbocycles. The van der Waals surface area contributed by atoms with E-state index in [1.807, 2.05) is 11.8 Å². The molecule has 0 aliphatic carbocycles. The van der Waals surface area contributed by atoms with Crippen molar-refractivity contribution in [2.75, 3.05) is 25.9 Å². The summed E-state index contributed by atoms with van der Waals surface area (Å²) in [7, 11) is 2.12. The number of carbonyl (C=O) groups is 1. The minimum Gasteiger partial charge on any atom is -0.475 e. The normalized spacial score (nSPS) is 22.5. The van der Waals surface area contributed by atoms with E-state index in [9.17, 15) is 17.6 Å². The highest BCUT2D eigenvalue weighted by Gasteiger charge is 2.48. The van der Waals surface area contributed by atoms with Gasteiger partial charge in [-0.2, -0.15) is 13.2 Å². The number of pyridine rings is 1. The second-order valence-corrected chi connectivity index (χ2v) is 7.19. The van der Waals surface area contributed by atoms with Gasteiger partial charge in [-0.1, -0.05) is 0 Å². The van der Waals surface area contributed by atoms with Crippen molar-refractivity contribution in [2.45, 2.75) is 23.4 Å². The van der Waals surface area contributed by atoms with Crippen LogP contribution in [0.25, 0.3) is 0 Å². The van der Waals surface area contributed by atoms with E-state index < -0.39 is 12.1 Å². The number of aliphatic carboxylic acids is 1. The van der Waals surface area contributed by atoms with Crippen LogP contribution in [0.15, 0.2) is 18.3 Å². The van der Waals surface area contributed by atoms with Gasteiger partial charge in [0, 0.05) is 36.2 Å². The maximum Gasteiger partial charge on any atom is 0.490 e. The molecule has 2 fully saturated rings. The fourth-order valence-electron chi connectivity index (χ4n) is 2.65. The van der Waals surface area contributed by atoms with E-state index in [4.69, 9.17) is 14.6 Å². The molecular weight excluding hydrogens is 352 g/mol. The van der Waals surface area contributed by atoms with E-state index in [1.54, 1.807) is 12.3 Å². The fraction of sp³-hybridized carbons (Fsp3) is 0.571. The topological polar surface area (TPSA) is 62.7 Å². The number of aromatic nitrogens is 1. The van der Waals surface area contributed by atoms with Gasteiger partial charge in [-0.3, -0.25) is 0 Å². The smallest absolute Gasteiger partial charge is 0.475 e. The Hall–Kier alpha value is -1.55. The SMILES string of the molecule is CN1CC2(CC(Oc3ncccc3F)CS2)C1.O=C(O)C(F)(F)F. The Balaban J connectivity index is 0.000000256. The minimum atomic E-state index is -5.08. The van der Waals surface area contributed by atoms with Crippen molar-refractivity contribution in [3.05, 3.63) is 24.1 Å². The van der Waals surface area contributed by atoms with Crippen molar-refractivity contribution in [1.29, 1.82) is 0 Å². The third-order valence-corrected chi connectivity index (χ3v) is 5.11. The fourth-order valence-corrected chi connectivity index (χ4v) is 4.30. The van der Waals surface area contributed by atoms with Gasteiger partial charge >= 0.3 is 12.1 Å². The third-order valence-electron chi connectivity index (χ3n) is 3.54.